The van der Waals surface area contributed by atoms with Gasteiger partial charge in [-0.2, -0.15) is 0 Å². The molecule has 9 heavy (non-hydrogen) atoms. The van der Waals surface area contributed by atoms with Gasteiger partial charge >= 0.3 is 0 Å². The van der Waals surface area contributed by atoms with E-state index in [1.807, 2.05) is 36.0 Å². The summed E-state index contributed by atoms with van der Waals surface area (Å²) in [7, 11) is 1.99. The summed E-state index contributed by atoms with van der Waals surface area (Å²) < 4.78 is 2.01. The number of aryl methyl sites for hydroxylation is 1. The predicted molar refractivity (Wildman–Crippen MR) is 35.5 cm³/mol. The van der Waals surface area contributed by atoms with Crippen LogP contribution in [0.1, 0.15) is 5.69 Å². The van der Waals surface area contributed by atoms with Gasteiger partial charge in [-0.1, -0.05) is 6.07 Å². The summed E-state index contributed by atoms with van der Waals surface area (Å²) in [5, 5.41) is 0. The van der Waals surface area contributed by atoms with E-state index in [4.69, 9.17) is 5.73 Å². The van der Waals surface area contributed by atoms with Crippen LogP contribution in [0.5, 0.6) is 0 Å². The molecule has 0 aliphatic carbocycles. The zero-order chi connectivity index (χ0) is 6.69. The van der Waals surface area contributed by atoms with Crippen molar-refractivity contribution in [3.05, 3.63) is 30.1 Å². The Balaban J connectivity index is 3.01. The highest BCUT2D eigenvalue weighted by molar-refractivity contribution is 4.95. The molecule has 0 aliphatic rings. The van der Waals surface area contributed by atoms with E-state index in [0.717, 1.165) is 5.69 Å². The Morgan fingerprint density at radius 3 is 2.78 bits per heavy atom. The average molecular weight is 123 g/mol. The summed E-state index contributed by atoms with van der Waals surface area (Å²) >= 11 is 0. The molecule has 0 saturated heterocycles. The van der Waals surface area contributed by atoms with Gasteiger partial charge in [0.1, 0.15) is 7.05 Å². The van der Waals surface area contributed by atoms with Gasteiger partial charge in [-0.15, -0.1) is 0 Å². The van der Waals surface area contributed by atoms with Crippen LogP contribution in [-0.4, -0.2) is 0 Å². The minimum atomic E-state index is 0.608. The molecular formula is C7H11N2+. The van der Waals surface area contributed by atoms with Crippen LogP contribution in [0.15, 0.2) is 24.4 Å². The number of aromatic nitrogens is 1. The molecule has 0 unspecified atom stereocenters. The van der Waals surface area contributed by atoms with Crippen LogP contribution < -0.4 is 10.3 Å². The molecule has 2 nitrogen and oxygen atoms in total. The fraction of sp³-hybridized carbons (Fsp3) is 0.286. The zero-order valence-corrected chi connectivity index (χ0v) is 5.54. The summed E-state index contributed by atoms with van der Waals surface area (Å²) in [6, 6.07) is 5.99. The second kappa shape index (κ2) is 2.60. The number of hydrogen-bond donors (Lipinski definition) is 1. The molecular weight excluding hydrogens is 112 g/mol. The molecule has 1 rings (SSSR count). The van der Waals surface area contributed by atoms with Crippen LogP contribution in [0, 0.1) is 0 Å². The highest BCUT2D eigenvalue weighted by Crippen LogP contribution is 1.85. The van der Waals surface area contributed by atoms with Crippen molar-refractivity contribution >= 4 is 0 Å². The lowest BCUT2D eigenvalue weighted by molar-refractivity contribution is -0.679. The molecule has 0 aliphatic heterocycles. The Morgan fingerprint density at radius 1 is 1.56 bits per heavy atom. The molecule has 48 valence electrons. The van der Waals surface area contributed by atoms with E-state index in [2.05, 4.69) is 0 Å². The van der Waals surface area contributed by atoms with E-state index < -0.39 is 0 Å². The maximum Gasteiger partial charge on any atom is 0.194 e. The highest BCUT2D eigenvalue weighted by atomic mass is 14.9. The quantitative estimate of drug-likeness (QED) is 0.522. The molecule has 1 aromatic heterocycles. The van der Waals surface area contributed by atoms with Gasteiger partial charge in [-0.25, -0.2) is 4.57 Å². The third-order valence-corrected chi connectivity index (χ3v) is 1.37. The number of pyridine rings is 1. The topological polar surface area (TPSA) is 29.9 Å². The summed E-state index contributed by atoms with van der Waals surface area (Å²) in [6.07, 6.45) is 1.99. The standard InChI is InChI=1S/C7H11N2/c1-9-5-3-2-4-7(9)6-8/h2-5H,6,8H2,1H3/q+1. The van der Waals surface area contributed by atoms with Crippen LogP contribution in [0.2, 0.25) is 0 Å². The lowest BCUT2D eigenvalue weighted by Crippen LogP contribution is -2.33. The molecule has 0 atom stereocenters. The fourth-order valence-electron chi connectivity index (χ4n) is 0.771. The second-order valence-electron chi connectivity index (χ2n) is 2.01. The first-order valence-electron chi connectivity index (χ1n) is 2.98. The van der Waals surface area contributed by atoms with Crippen LogP contribution in [0.25, 0.3) is 0 Å². The molecule has 1 aromatic rings. The normalized spacial score (nSPS) is 9.56. The highest BCUT2D eigenvalue weighted by Gasteiger charge is 1.97. The van der Waals surface area contributed by atoms with Gasteiger partial charge in [0.15, 0.2) is 11.9 Å². The van der Waals surface area contributed by atoms with E-state index in [0.29, 0.717) is 6.54 Å². The molecule has 1 heterocycles. The van der Waals surface area contributed by atoms with Crippen molar-refractivity contribution in [3.63, 3.8) is 0 Å². The SMILES string of the molecule is C[n+]1ccccc1CN. The number of rotatable bonds is 1. The lowest BCUT2D eigenvalue weighted by atomic mass is 10.3. The van der Waals surface area contributed by atoms with Crippen molar-refractivity contribution in [2.24, 2.45) is 12.8 Å². The summed E-state index contributed by atoms with van der Waals surface area (Å²) in [4.78, 5) is 0. The smallest absolute Gasteiger partial charge is 0.194 e. The molecule has 0 saturated carbocycles. The van der Waals surface area contributed by atoms with E-state index in [-0.39, 0.29) is 0 Å². The summed E-state index contributed by atoms with van der Waals surface area (Å²) in [5.41, 5.74) is 6.58. The first-order valence-corrected chi connectivity index (χ1v) is 2.98. The lowest BCUT2D eigenvalue weighted by Gasteiger charge is -1.91. The minimum absolute atomic E-state index is 0.608. The average Bonchev–Trinajstić information content (AvgIpc) is 1.89. The van der Waals surface area contributed by atoms with Gasteiger partial charge in [0.05, 0.1) is 6.54 Å². The van der Waals surface area contributed by atoms with Gasteiger partial charge in [0.25, 0.3) is 0 Å². The summed E-state index contributed by atoms with van der Waals surface area (Å²) in [5.74, 6) is 0. The fourth-order valence-corrected chi connectivity index (χ4v) is 0.771. The van der Waals surface area contributed by atoms with E-state index in [1.54, 1.807) is 0 Å². The molecule has 0 amide bonds. The zero-order valence-electron chi connectivity index (χ0n) is 5.54. The van der Waals surface area contributed by atoms with Crippen molar-refractivity contribution in [1.82, 2.24) is 0 Å². The second-order valence-corrected chi connectivity index (χ2v) is 2.01. The van der Waals surface area contributed by atoms with Crippen LogP contribution in [0.3, 0.4) is 0 Å². The number of hydrogen-bond acceptors (Lipinski definition) is 1. The van der Waals surface area contributed by atoms with Crippen molar-refractivity contribution in [2.45, 2.75) is 6.54 Å². The van der Waals surface area contributed by atoms with Crippen molar-refractivity contribution in [1.29, 1.82) is 0 Å². The van der Waals surface area contributed by atoms with E-state index >= 15 is 0 Å². The maximum atomic E-state index is 5.43. The van der Waals surface area contributed by atoms with Crippen LogP contribution in [-0.2, 0) is 13.6 Å². The van der Waals surface area contributed by atoms with Gasteiger partial charge in [0.2, 0.25) is 0 Å². The maximum absolute atomic E-state index is 5.43. The van der Waals surface area contributed by atoms with Gasteiger partial charge < -0.3 is 5.73 Å². The Labute approximate surface area is 54.9 Å². The van der Waals surface area contributed by atoms with Crippen molar-refractivity contribution in [2.75, 3.05) is 0 Å². The van der Waals surface area contributed by atoms with Crippen molar-refractivity contribution < 1.29 is 4.57 Å². The Kier molecular flexibility index (Phi) is 1.80. The monoisotopic (exact) mass is 123 g/mol. The largest absolute Gasteiger partial charge is 0.322 e. The van der Waals surface area contributed by atoms with Gasteiger partial charge in [-0.05, 0) is 0 Å². The third kappa shape index (κ3) is 1.27. The Bertz CT molecular complexity index is 196. The summed E-state index contributed by atoms with van der Waals surface area (Å²) in [6.45, 7) is 0.608. The molecule has 2 heteroatoms. The van der Waals surface area contributed by atoms with Gasteiger partial charge in [-0.3, -0.25) is 0 Å². The molecule has 0 spiro atoms. The van der Waals surface area contributed by atoms with Gasteiger partial charge in [0, 0.05) is 12.1 Å². The molecule has 0 aromatic carbocycles. The Morgan fingerprint density at radius 2 is 2.33 bits per heavy atom. The molecule has 0 fully saturated rings. The molecule has 2 N–H and O–H groups in total. The predicted octanol–water partition coefficient (Wildman–Crippen LogP) is -0.0302. The van der Waals surface area contributed by atoms with Crippen LogP contribution in [0.4, 0.5) is 0 Å². The van der Waals surface area contributed by atoms with E-state index in [9.17, 15) is 0 Å². The Hall–Kier alpha value is -0.890. The van der Waals surface area contributed by atoms with Crippen molar-refractivity contribution in [3.8, 4) is 0 Å². The molecule has 0 radical (unpaired) electrons. The van der Waals surface area contributed by atoms with E-state index in [1.165, 1.54) is 0 Å². The minimum Gasteiger partial charge on any atom is -0.322 e. The first kappa shape index (κ1) is 6.23. The third-order valence-electron chi connectivity index (χ3n) is 1.37. The first-order chi connectivity index (χ1) is 4.34. The number of nitrogens with zero attached hydrogens (tertiary/aromatic N) is 1. The number of nitrogens with two attached hydrogens (primary N) is 1. The molecule has 0 bridgehead atoms. The van der Waals surface area contributed by atoms with Crippen LogP contribution >= 0.6 is 0 Å².